The molecule has 1 aromatic rings. The van der Waals surface area contributed by atoms with Gasteiger partial charge >= 0.3 is 5.97 Å². The number of nitrogens with zero attached hydrogens (tertiary/aromatic N) is 2. The van der Waals surface area contributed by atoms with E-state index in [2.05, 4.69) is 9.98 Å². The zero-order valence-corrected chi connectivity index (χ0v) is 13.4. The van der Waals surface area contributed by atoms with Crippen LogP contribution in [0, 0.1) is 0 Å². The average Bonchev–Trinajstić information content (AvgIpc) is 2.79. The maximum Gasteiger partial charge on any atom is 0.331 e. The second kappa shape index (κ2) is 7.65. The smallest absolute Gasteiger partial charge is 0.331 e. The average molecular weight is 300 g/mol. The zero-order valence-electron chi connectivity index (χ0n) is 11.8. The van der Waals surface area contributed by atoms with Crippen molar-refractivity contribution in [3.05, 3.63) is 16.6 Å². The number of carbonyl (C=O) groups excluding carboxylic acids is 1. The van der Waals surface area contributed by atoms with Gasteiger partial charge in [-0.25, -0.2) is 9.78 Å². The molecule has 0 bridgehead atoms. The molecular formula is C13H20N2O2S2. The van der Waals surface area contributed by atoms with Crippen molar-refractivity contribution in [3.63, 3.8) is 0 Å². The molecule has 0 spiro atoms. The number of esters is 1. The number of ether oxygens (including phenoxy) is 1. The minimum Gasteiger partial charge on any atom is -0.458 e. The fourth-order valence-corrected chi connectivity index (χ4v) is 2.27. The van der Waals surface area contributed by atoms with Gasteiger partial charge in [0.2, 0.25) is 0 Å². The molecule has 0 aliphatic heterocycles. The summed E-state index contributed by atoms with van der Waals surface area (Å²) in [5.74, 6) is 0.605. The van der Waals surface area contributed by atoms with Gasteiger partial charge in [0, 0.05) is 11.6 Å². The Morgan fingerprint density at radius 3 is 2.89 bits per heavy atom. The van der Waals surface area contributed by atoms with Gasteiger partial charge in [0.25, 0.3) is 0 Å². The minimum atomic E-state index is -0.481. The van der Waals surface area contributed by atoms with Gasteiger partial charge in [0.1, 0.15) is 16.7 Å². The Bertz CT molecular complexity index is 411. The highest BCUT2D eigenvalue weighted by atomic mass is 32.2. The molecule has 0 radical (unpaired) electrons. The van der Waals surface area contributed by atoms with Crippen molar-refractivity contribution in [1.29, 1.82) is 0 Å². The standard InChI is InChI=1S/C13H20N2O2S2/c1-13(2,3)17-12(16)10(5-7-18-4)15-9-11-14-6-8-19-11/h6,8-10H,5,7H2,1-4H3. The maximum absolute atomic E-state index is 12.1. The molecule has 6 heteroatoms. The van der Waals surface area contributed by atoms with Crippen LogP contribution in [0.2, 0.25) is 0 Å². The molecule has 0 saturated heterocycles. The van der Waals surface area contributed by atoms with Gasteiger partial charge < -0.3 is 4.74 Å². The van der Waals surface area contributed by atoms with E-state index in [0.717, 1.165) is 10.8 Å². The normalized spacial score (nSPS) is 13.7. The van der Waals surface area contributed by atoms with Gasteiger partial charge in [-0.2, -0.15) is 11.8 Å². The van der Waals surface area contributed by atoms with Crippen molar-refractivity contribution in [2.24, 2.45) is 4.99 Å². The molecule has 1 unspecified atom stereocenters. The predicted octanol–water partition coefficient (Wildman–Crippen LogP) is 3.03. The maximum atomic E-state index is 12.1. The summed E-state index contributed by atoms with van der Waals surface area (Å²) < 4.78 is 5.39. The Kier molecular flexibility index (Phi) is 6.51. The molecule has 1 rings (SSSR count). The summed E-state index contributed by atoms with van der Waals surface area (Å²) in [6.45, 7) is 5.59. The fourth-order valence-electron chi connectivity index (χ4n) is 1.30. The van der Waals surface area contributed by atoms with E-state index in [0.29, 0.717) is 6.42 Å². The molecule has 0 fully saturated rings. The molecule has 0 saturated carbocycles. The van der Waals surface area contributed by atoms with Gasteiger partial charge in [0.15, 0.2) is 0 Å². The summed E-state index contributed by atoms with van der Waals surface area (Å²) in [6, 6.07) is -0.449. The fraction of sp³-hybridized carbons (Fsp3) is 0.615. The van der Waals surface area contributed by atoms with Crippen LogP contribution in [-0.2, 0) is 9.53 Å². The van der Waals surface area contributed by atoms with Crippen LogP contribution in [0.3, 0.4) is 0 Å². The zero-order chi connectivity index (χ0) is 14.3. The topological polar surface area (TPSA) is 51.5 Å². The minimum absolute atomic E-state index is 0.269. The lowest BCUT2D eigenvalue weighted by Crippen LogP contribution is -2.31. The van der Waals surface area contributed by atoms with Crippen molar-refractivity contribution < 1.29 is 9.53 Å². The molecule has 0 aliphatic carbocycles. The molecule has 1 atom stereocenters. The van der Waals surface area contributed by atoms with Crippen LogP contribution in [0.4, 0.5) is 0 Å². The van der Waals surface area contributed by atoms with Gasteiger partial charge in [-0.15, -0.1) is 11.3 Å². The number of rotatable bonds is 6. The van der Waals surface area contributed by atoms with E-state index in [4.69, 9.17) is 4.74 Å². The number of aliphatic imine (C=N–C) groups is 1. The SMILES string of the molecule is CSCCC(N=Cc1nccs1)C(=O)OC(C)(C)C. The number of thiazole rings is 1. The third-order valence-electron chi connectivity index (χ3n) is 2.09. The van der Waals surface area contributed by atoms with Crippen LogP contribution in [-0.4, -0.2) is 40.8 Å². The Balaban J connectivity index is 2.68. The Morgan fingerprint density at radius 1 is 1.63 bits per heavy atom. The van der Waals surface area contributed by atoms with E-state index in [1.165, 1.54) is 11.3 Å². The second-order valence-electron chi connectivity index (χ2n) is 4.98. The first-order valence-electron chi connectivity index (χ1n) is 6.07. The van der Waals surface area contributed by atoms with Crippen LogP contribution >= 0.6 is 23.1 Å². The summed E-state index contributed by atoms with van der Waals surface area (Å²) in [4.78, 5) is 20.5. The molecule has 0 N–H and O–H groups in total. The first kappa shape index (κ1) is 16.2. The molecule has 0 aromatic carbocycles. The highest BCUT2D eigenvalue weighted by Gasteiger charge is 2.23. The summed E-state index contributed by atoms with van der Waals surface area (Å²) in [5.41, 5.74) is -0.481. The quantitative estimate of drug-likeness (QED) is 0.598. The van der Waals surface area contributed by atoms with Crippen molar-refractivity contribution in [1.82, 2.24) is 4.98 Å². The van der Waals surface area contributed by atoms with E-state index in [1.54, 1.807) is 24.2 Å². The monoisotopic (exact) mass is 300 g/mol. The highest BCUT2D eigenvalue weighted by molar-refractivity contribution is 7.98. The molecule has 19 heavy (non-hydrogen) atoms. The van der Waals surface area contributed by atoms with Crippen molar-refractivity contribution in [3.8, 4) is 0 Å². The molecule has 1 aromatic heterocycles. The number of hydrogen-bond donors (Lipinski definition) is 0. The second-order valence-corrected chi connectivity index (χ2v) is 6.89. The van der Waals surface area contributed by atoms with Crippen molar-refractivity contribution >= 4 is 35.3 Å². The predicted molar refractivity (Wildman–Crippen MR) is 82.3 cm³/mol. The highest BCUT2D eigenvalue weighted by Crippen LogP contribution is 2.13. The molecule has 0 amide bonds. The van der Waals surface area contributed by atoms with Gasteiger partial charge in [0.05, 0.1) is 6.21 Å². The summed E-state index contributed by atoms with van der Waals surface area (Å²) in [7, 11) is 0. The third kappa shape index (κ3) is 6.73. The molecule has 1 heterocycles. The van der Waals surface area contributed by atoms with E-state index in [9.17, 15) is 4.79 Å². The lowest BCUT2D eigenvalue weighted by Gasteiger charge is -2.22. The van der Waals surface area contributed by atoms with E-state index < -0.39 is 11.6 Å². The summed E-state index contributed by atoms with van der Waals surface area (Å²) in [6.07, 6.45) is 6.06. The lowest BCUT2D eigenvalue weighted by atomic mass is 10.2. The molecule has 0 aliphatic rings. The molecule has 4 nitrogen and oxygen atoms in total. The Hall–Kier alpha value is -0.880. The summed E-state index contributed by atoms with van der Waals surface area (Å²) >= 11 is 3.19. The molecular weight excluding hydrogens is 280 g/mol. The number of hydrogen-bond acceptors (Lipinski definition) is 6. The lowest BCUT2D eigenvalue weighted by molar-refractivity contribution is -0.156. The number of carbonyl (C=O) groups is 1. The van der Waals surface area contributed by atoms with E-state index in [1.807, 2.05) is 32.4 Å². The number of thioether (sulfide) groups is 1. The van der Waals surface area contributed by atoms with E-state index >= 15 is 0 Å². The van der Waals surface area contributed by atoms with E-state index in [-0.39, 0.29) is 5.97 Å². The Labute approximate surface area is 122 Å². The van der Waals surface area contributed by atoms with Crippen molar-refractivity contribution in [2.45, 2.75) is 38.8 Å². The van der Waals surface area contributed by atoms with Crippen LogP contribution in [0.15, 0.2) is 16.6 Å². The van der Waals surface area contributed by atoms with Crippen molar-refractivity contribution in [2.75, 3.05) is 12.0 Å². The first-order chi connectivity index (χ1) is 8.92. The Morgan fingerprint density at radius 2 is 2.37 bits per heavy atom. The summed E-state index contributed by atoms with van der Waals surface area (Å²) in [5, 5.41) is 2.68. The van der Waals surface area contributed by atoms with Crippen LogP contribution < -0.4 is 0 Å². The molecule has 106 valence electrons. The van der Waals surface area contributed by atoms with Crippen LogP contribution in [0.5, 0.6) is 0 Å². The van der Waals surface area contributed by atoms with Crippen LogP contribution in [0.25, 0.3) is 0 Å². The van der Waals surface area contributed by atoms with Gasteiger partial charge in [-0.05, 0) is 39.2 Å². The van der Waals surface area contributed by atoms with Gasteiger partial charge in [-0.3, -0.25) is 4.99 Å². The number of aromatic nitrogens is 1. The third-order valence-corrected chi connectivity index (χ3v) is 3.44. The van der Waals surface area contributed by atoms with Crippen LogP contribution in [0.1, 0.15) is 32.2 Å². The largest absolute Gasteiger partial charge is 0.458 e. The first-order valence-corrected chi connectivity index (χ1v) is 8.34. The van der Waals surface area contributed by atoms with Gasteiger partial charge in [-0.1, -0.05) is 0 Å².